The topological polar surface area (TPSA) is 3.24 Å². The lowest BCUT2D eigenvalue weighted by molar-refractivity contribution is 1.30. The third kappa shape index (κ3) is 5.91. The summed E-state index contributed by atoms with van der Waals surface area (Å²) in [6.45, 7) is 0. The molecular formula is C54H35NS2. The maximum absolute atomic E-state index is 2.47. The molecule has 9 aromatic carbocycles. The number of benzene rings is 9. The molecule has 57 heavy (non-hydrogen) atoms. The highest BCUT2D eigenvalue weighted by Crippen LogP contribution is 2.50. The fourth-order valence-electron chi connectivity index (χ4n) is 8.31. The zero-order valence-electron chi connectivity index (χ0n) is 31.0. The maximum atomic E-state index is 2.47. The van der Waals surface area contributed by atoms with Crippen molar-refractivity contribution < 1.29 is 0 Å². The van der Waals surface area contributed by atoms with Gasteiger partial charge in [-0.15, -0.1) is 22.7 Å². The molecule has 0 aliphatic heterocycles. The van der Waals surface area contributed by atoms with Gasteiger partial charge >= 0.3 is 0 Å². The van der Waals surface area contributed by atoms with Crippen molar-refractivity contribution >= 4 is 80.1 Å². The molecule has 0 spiro atoms. The lowest BCUT2D eigenvalue weighted by Gasteiger charge is -2.29. The largest absolute Gasteiger partial charge is 0.308 e. The number of hydrogen-bond donors (Lipinski definition) is 0. The van der Waals surface area contributed by atoms with E-state index in [1.807, 2.05) is 22.7 Å². The first kappa shape index (κ1) is 33.5. The summed E-state index contributed by atoms with van der Waals surface area (Å²) in [6, 6.07) is 77.5. The number of anilines is 3. The van der Waals surface area contributed by atoms with Crippen LogP contribution in [0.15, 0.2) is 212 Å². The Kier molecular flexibility index (Phi) is 8.28. The molecule has 1 nitrogen and oxygen atoms in total. The Bertz CT molecular complexity index is 3200. The van der Waals surface area contributed by atoms with E-state index in [0.717, 1.165) is 11.4 Å². The van der Waals surface area contributed by atoms with E-state index in [9.17, 15) is 0 Å². The monoisotopic (exact) mass is 761 g/mol. The molecule has 0 saturated heterocycles. The molecule has 2 heterocycles. The van der Waals surface area contributed by atoms with E-state index >= 15 is 0 Å². The van der Waals surface area contributed by atoms with Crippen molar-refractivity contribution in [2.45, 2.75) is 0 Å². The van der Waals surface area contributed by atoms with Crippen molar-refractivity contribution in [3.63, 3.8) is 0 Å². The van der Waals surface area contributed by atoms with Crippen molar-refractivity contribution in [2.24, 2.45) is 0 Å². The standard InChI is InChI=1S/C54H35NS2/c1-4-13-36(14-5-1)37-23-28-42(29-24-37)55(52-44(39-15-6-2-7-16-39)33-34-49-46-19-10-11-22-50(46)56-54(49)52)43-30-25-38(26-31-43)41-27-32-47-48-21-12-20-45(40-17-8-3-9-18-40)53(48)57-51(47)35-41/h1-35H. The number of nitrogens with zero attached hydrogens (tertiary/aromatic N) is 1. The van der Waals surface area contributed by atoms with Gasteiger partial charge in [-0.2, -0.15) is 0 Å². The molecule has 3 heteroatoms. The van der Waals surface area contributed by atoms with Crippen molar-refractivity contribution in [3.8, 4) is 44.5 Å². The first-order valence-corrected chi connectivity index (χ1v) is 21.0. The van der Waals surface area contributed by atoms with Gasteiger partial charge in [0.05, 0.1) is 10.4 Å². The summed E-state index contributed by atoms with van der Waals surface area (Å²) in [6.07, 6.45) is 0. The molecule has 0 N–H and O–H groups in total. The average Bonchev–Trinajstić information content (AvgIpc) is 3.86. The predicted molar refractivity (Wildman–Crippen MR) is 249 cm³/mol. The Morgan fingerprint density at radius 2 is 0.754 bits per heavy atom. The van der Waals surface area contributed by atoms with E-state index in [1.165, 1.54) is 90.5 Å². The minimum atomic E-state index is 1.11. The van der Waals surface area contributed by atoms with Gasteiger partial charge in [0, 0.05) is 52.6 Å². The highest BCUT2D eigenvalue weighted by atomic mass is 32.1. The van der Waals surface area contributed by atoms with Gasteiger partial charge in [-0.1, -0.05) is 176 Å². The second-order valence-electron chi connectivity index (χ2n) is 14.5. The van der Waals surface area contributed by atoms with Gasteiger partial charge in [0.1, 0.15) is 0 Å². The van der Waals surface area contributed by atoms with Crippen LogP contribution in [0.1, 0.15) is 0 Å². The van der Waals surface area contributed by atoms with Gasteiger partial charge in [-0.3, -0.25) is 0 Å². The normalized spacial score (nSPS) is 11.5. The summed E-state index contributed by atoms with van der Waals surface area (Å²) in [7, 11) is 0. The molecule has 0 bridgehead atoms. The average molecular weight is 762 g/mol. The summed E-state index contributed by atoms with van der Waals surface area (Å²) < 4.78 is 5.21. The zero-order valence-corrected chi connectivity index (χ0v) is 32.6. The Balaban J connectivity index is 1.07. The maximum Gasteiger partial charge on any atom is 0.0718 e. The Labute approximate surface area is 340 Å². The summed E-state index contributed by atoms with van der Waals surface area (Å²) in [4.78, 5) is 2.47. The van der Waals surface area contributed by atoms with Crippen LogP contribution in [-0.2, 0) is 0 Å². The van der Waals surface area contributed by atoms with Crippen molar-refractivity contribution in [1.29, 1.82) is 0 Å². The second kappa shape index (κ2) is 14.1. The lowest BCUT2D eigenvalue weighted by Crippen LogP contribution is -2.11. The van der Waals surface area contributed by atoms with Crippen LogP contribution >= 0.6 is 22.7 Å². The first-order chi connectivity index (χ1) is 28.3. The third-order valence-electron chi connectivity index (χ3n) is 11.1. The van der Waals surface area contributed by atoms with Crippen LogP contribution < -0.4 is 4.90 Å². The molecule has 0 aliphatic carbocycles. The van der Waals surface area contributed by atoms with Crippen LogP contribution in [0.4, 0.5) is 17.1 Å². The summed E-state index contributed by atoms with van der Waals surface area (Å²) in [5.74, 6) is 0. The molecule has 0 aliphatic rings. The lowest BCUT2D eigenvalue weighted by atomic mass is 9.98. The highest BCUT2D eigenvalue weighted by molar-refractivity contribution is 7.26. The molecule has 0 radical (unpaired) electrons. The zero-order chi connectivity index (χ0) is 37.7. The van der Waals surface area contributed by atoms with Crippen LogP contribution in [0.25, 0.3) is 84.9 Å². The van der Waals surface area contributed by atoms with Crippen LogP contribution in [0, 0.1) is 0 Å². The van der Waals surface area contributed by atoms with E-state index in [0.29, 0.717) is 0 Å². The fourth-order valence-corrected chi connectivity index (χ4v) is 10.8. The quantitative estimate of drug-likeness (QED) is 0.156. The van der Waals surface area contributed by atoms with Gasteiger partial charge < -0.3 is 4.90 Å². The fraction of sp³-hybridized carbons (Fsp3) is 0. The summed E-state index contributed by atoms with van der Waals surface area (Å²) in [5.41, 5.74) is 13.2. The van der Waals surface area contributed by atoms with E-state index < -0.39 is 0 Å². The van der Waals surface area contributed by atoms with Crippen LogP contribution in [0.2, 0.25) is 0 Å². The molecule has 11 aromatic rings. The molecule has 0 atom stereocenters. The molecule has 0 unspecified atom stereocenters. The molecule has 0 amide bonds. The molecule has 0 saturated carbocycles. The Morgan fingerprint density at radius 1 is 0.281 bits per heavy atom. The Morgan fingerprint density at radius 3 is 1.44 bits per heavy atom. The predicted octanol–water partition coefficient (Wildman–Crippen LogP) is 16.6. The van der Waals surface area contributed by atoms with Crippen molar-refractivity contribution in [1.82, 2.24) is 0 Å². The molecule has 0 fully saturated rings. The van der Waals surface area contributed by atoms with Crippen LogP contribution in [0.5, 0.6) is 0 Å². The van der Waals surface area contributed by atoms with Crippen molar-refractivity contribution in [3.05, 3.63) is 212 Å². The van der Waals surface area contributed by atoms with Crippen LogP contribution in [0.3, 0.4) is 0 Å². The van der Waals surface area contributed by atoms with Gasteiger partial charge in [0.15, 0.2) is 0 Å². The van der Waals surface area contributed by atoms with Gasteiger partial charge in [-0.05, 0) is 75.3 Å². The van der Waals surface area contributed by atoms with Gasteiger partial charge in [0.25, 0.3) is 0 Å². The number of hydrogen-bond acceptors (Lipinski definition) is 3. The van der Waals surface area contributed by atoms with E-state index in [4.69, 9.17) is 0 Å². The Hall–Kier alpha value is -6.78. The van der Waals surface area contributed by atoms with E-state index in [1.54, 1.807) is 0 Å². The third-order valence-corrected chi connectivity index (χ3v) is 13.5. The van der Waals surface area contributed by atoms with Gasteiger partial charge in [0.2, 0.25) is 0 Å². The molecule has 11 rings (SSSR count). The smallest absolute Gasteiger partial charge is 0.0718 e. The summed E-state index contributed by atoms with van der Waals surface area (Å²) >= 11 is 3.77. The number of fused-ring (bicyclic) bond motifs is 6. The molecule has 2 aromatic heterocycles. The molecular weight excluding hydrogens is 727 g/mol. The number of thiophene rings is 2. The summed E-state index contributed by atoms with van der Waals surface area (Å²) in [5, 5.41) is 5.19. The highest BCUT2D eigenvalue weighted by Gasteiger charge is 2.23. The number of rotatable bonds is 7. The SMILES string of the molecule is c1ccc(-c2ccc(N(c3ccc(-c4ccc5c(c4)sc4c(-c6ccccc6)cccc45)cc3)c3c(-c4ccccc4)ccc4c3sc3ccccc34)cc2)cc1. The minimum Gasteiger partial charge on any atom is -0.308 e. The van der Waals surface area contributed by atoms with E-state index in [-0.39, 0.29) is 0 Å². The molecule has 268 valence electrons. The first-order valence-electron chi connectivity index (χ1n) is 19.3. The van der Waals surface area contributed by atoms with Crippen molar-refractivity contribution in [2.75, 3.05) is 4.90 Å². The second-order valence-corrected chi connectivity index (χ2v) is 16.6. The minimum absolute atomic E-state index is 1.11. The van der Waals surface area contributed by atoms with E-state index in [2.05, 4.69) is 217 Å². The van der Waals surface area contributed by atoms with Gasteiger partial charge in [-0.25, -0.2) is 0 Å². The van der Waals surface area contributed by atoms with Crippen LogP contribution in [-0.4, -0.2) is 0 Å².